The monoisotopic (exact) mass is 1970 g/mol. The van der Waals surface area contributed by atoms with Crippen molar-refractivity contribution < 1.29 is 242 Å². The molecule has 4 saturated carbocycles. The molecule has 5 aliphatic carbocycles. The van der Waals surface area contributed by atoms with Crippen molar-refractivity contribution in [2.24, 2.45) is 50.2 Å². The van der Waals surface area contributed by atoms with Crippen LogP contribution in [0, 0.1) is 50.2 Å². The predicted octanol–water partition coefficient (Wildman–Crippen LogP) is -11.4. The summed E-state index contributed by atoms with van der Waals surface area (Å²) in [5.74, 6) is -3.89. The van der Waals surface area contributed by atoms with Gasteiger partial charge in [-0.25, -0.2) is 4.79 Å². The second-order valence-corrected chi connectivity index (χ2v) is 41.4. The number of carbonyl (C=O) groups excluding carboxylic acids is 3. The number of esters is 2. The van der Waals surface area contributed by atoms with Crippen molar-refractivity contribution in [3.05, 3.63) is 11.6 Å². The molecule has 0 amide bonds. The predicted molar refractivity (Wildman–Crippen MR) is 437 cm³/mol. The minimum Gasteiger partial charge on any atom is -0.432 e. The van der Waals surface area contributed by atoms with Crippen LogP contribution in [-0.4, -0.2) is 485 Å². The molecule has 136 heavy (non-hydrogen) atoms. The summed E-state index contributed by atoms with van der Waals surface area (Å²) in [6.07, 6.45) is -86.8. The quantitative estimate of drug-likeness (QED) is 0.0185. The van der Waals surface area contributed by atoms with Gasteiger partial charge in [-0.15, -0.1) is 0 Å². The SMILES string of the molecule is CC1OC(OC2C(O)COC(OC3C(C)OC(OC4C(O)C(OC(=O)C56CCC(C)(C)CC5C5=CCC7C8(C)CCC(OC9OC(C(=O)OC%10OCC(O)C(O)C%10O)C(OC%10OCC(O)C(O)C%10O)C(OC%10OC(CO)C(O)C(O)C%10O)C9OC9OC(CO)C(O)C(O)C9O)C(C)(C=O)C8CCC7(C)C5(C)CC6)OC(C)C4OC4OC(CO)C(O)C(O)C4O)C(O)C3O)C2O)C(O)C(O)C1O. The zero-order chi connectivity index (χ0) is 99.0. The Hall–Kier alpha value is -3.41. The minimum absolute atomic E-state index is 0.0522. The Kier molecular flexibility index (Phi) is 32.6. The van der Waals surface area contributed by atoms with Gasteiger partial charge in [0.1, 0.15) is 208 Å². The van der Waals surface area contributed by atoms with E-state index < -0.39 is 391 Å². The highest BCUT2D eigenvalue weighted by Gasteiger charge is 2.73. The first kappa shape index (κ1) is 107. The molecule has 49 heteroatoms. The van der Waals surface area contributed by atoms with Gasteiger partial charge in [0.05, 0.1) is 74.9 Å². The van der Waals surface area contributed by atoms with Crippen molar-refractivity contribution in [3.8, 4) is 0 Å². The van der Waals surface area contributed by atoms with E-state index >= 15 is 9.59 Å². The van der Waals surface area contributed by atoms with Gasteiger partial charge in [-0.1, -0.05) is 53.2 Å². The Bertz CT molecular complexity index is 4050. The summed E-state index contributed by atoms with van der Waals surface area (Å²) in [6, 6.07) is 0. The smallest absolute Gasteiger partial charge is 0.340 e. The van der Waals surface area contributed by atoms with Crippen molar-refractivity contribution in [1.82, 2.24) is 0 Å². The van der Waals surface area contributed by atoms with Crippen LogP contribution in [0.25, 0.3) is 0 Å². The maximum atomic E-state index is 16.1. The molecule has 0 spiro atoms. The Morgan fingerprint density at radius 1 is 0.368 bits per heavy atom. The third-order valence-electron chi connectivity index (χ3n) is 32.7. The average molecular weight is 1970 g/mol. The van der Waals surface area contributed by atoms with Gasteiger partial charge in [0, 0.05) is 0 Å². The maximum Gasteiger partial charge on any atom is 0.340 e. The summed E-state index contributed by atoms with van der Waals surface area (Å²) >= 11 is 0. The number of aldehydes is 1. The fraction of sp³-hybridized carbons (Fsp3) is 0.943. The highest BCUT2D eigenvalue weighted by Crippen LogP contribution is 2.76. The lowest BCUT2D eigenvalue weighted by atomic mass is 9.33. The molecule has 26 N–H and O–H groups in total. The van der Waals surface area contributed by atoms with Crippen LogP contribution in [0.2, 0.25) is 0 Å². The first-order valence-electron chi connectivity index (χ1n) is 46.7. The van der Waals surface area contributed by atoms with E-state index in [1.165, 1.54) is 20.8 Å². The Balaban J connectivity index is 0.712. The fourth-order valence-electron chi connectivity index (χ4n) is 24.1. The maximum absolute atomic E-state index is 16.1. The first-order chi connectivity index (χ1) is 64.0. The van der Waals surface area contributed by atoms with Crippen LogP contribution in [0.1, 0.15) is 127 Å². The van der Waals surface area contributed by atoms with Gasteiger partial charge in [0.25, 0.3) is 0 Å². The van der Waals surface area contributed by atoms with Crippen molar-refractivity contribution in [1.29, 1.82) is 0 Å². The molecule has 15 aliphatic rings. The Morgan fingerprint density at radius 3 is 1.36 bits per heavy atom. The first-order valence-corrected chi connectivity index (χ1v) is 46.7. The second-order valence-electron chi connectivity index (χ2n) is 41.4. The normalized spacial score (nSPS) is 54.9. The van der Waals surface area contributed by atoms with E-state index in [9.17, 15) is 138 Å². The third-order valence-corrected chi connectivity index (χ3v) is 32.7. The largest absolute Gasteiger partial charge is 0.432 e. The number of allylic oxidation sites excluding steroid dienone is 2. The van der Waals surface area contributed by atoms with Gasteiger partial charge >= 0.3 is 11.9 Å². The van der Waals surface area contributed by atoms with Gasteiger partial charge in [-0.05, 0) is 124 Å². The molecule has 14 fully saturated rings. The molecular formula is C87H138O49. The highest BCUT2D eigenvalue weighted by atomic mass is 16.8. The molecule has 49 nitrogen and oxygen atoms in total. The van der Waals surface area contributed by atoms with Gasteiger partial charge < -0.3 is 232 Å². The third kappa shape index (κ3) is 19.2. The fourth-order valence-corrected chi connectivity index (χ4v) is 24.1. The van der Waals surface area contributed by atoms with Gasteiger partial charge in [-0.2, -0.15) is 0 Å². The number of ether oxygens (including phenoxy) is 20. The lowest BCUT2D eigenvalue weighted by Crippen LogP contribution is -2.70. The van der Waals surface area contributed by atoms with E-state index in [1.807, 2.05) is 0 Å². The van der Waals surface area contributed by atoms with Crippen LogP contribution in [0.3, 0.4) is 0 Å². The van der Waals surface area contributed by atoms with Crippen LogP contribution in [0.5, 0.6) is 0 Å². The molecule has 10 saturated heterocycles. The minimum atomic E-state index is -2.47. The summed E-state index contributed by atoms with van der Waals surface area (Å²) in [6.45, 7) is 11.4. The van der Waals surface area contributed by atoms with E-state index in [0.29, 0.717) is 44.8 Å². The lowest BCUT2D eigenvalue weighted by Gasteiger charge is -2.71. The van der Waals surface area contributed by atoms with Crippen molar-refractivity contribution in [3.63, 3.8) is 0 Å². The van der Waals surface area contributed by atoms with E-state index in [0.717, 1.165) is 5.57 Å². The number of carbonyl (C=O) groups is 3. The van der Waals surface area contributed by atoms with E-state index in [1.54, 1.807) is 6.92 Å². The molecule has 0 aromatic carbocycles. The van der Waals surface area contributed by atoms with Crippen LogP contribution in [-0.2, 0) is 109 Å². The Labute approximate surface area is 780 Å². The molecule has 0 aromatic heterocycles. The standard InChI is InChI=1S/C87H138O49/c1-28-42(95)48(101)55(108)74(120-28)129-64-35(94)26-119-73(60(64)113)127-62-29(2)121-75(59(112)52(62)105)130-65-61(114)79(122-30(3)63(65)128-76-56(109)49(102)45(98)36(21-88)123-76)136-81(116)87-18-16-82(4,5)20-32(87)31-10-11-40-83(6)14-13-41(84(7,27-91)39(83)12-15-86(40,9)85(31,8)17-19-87)126-80-69(134-78-58(111)51(104)47(100)38(23-90)125-78)67(132-77-57(110)50(103)46(99)37(22-89)124-77)66(131-71-53(106)43(96)33(92)24-117-71)68(133-80)70(115)135-72-54(107)44(97)34(93)25-118-72/h10,27-30,32-69,71-80,88-90,92-114H,11-26H2,1-9H3. The van der Waals surface area contributed by atoms with Crippen LogP contribution < -0.4 is 0 Å². The van der Waals surface area contributed by atoms with Gasteiger partial charge in [-0.3, -0.25) is 4.79 Å². The van der Waals surface area contributed by atoms with Crippen LogP contribution >= 0.6 is 0 Å². The summed E-state index contributed by atoms with van der Waals surface area (Å²) in [7, 11) is 0. The zero-order valence-corrected chi connectivity index (χ0v) is 76.4. The molecule has 56 atom stereocenters. The second kappa shape index (κ2) is 41.5. The van der Waals surface area contributed by atoms with E-state index in [4.69, 9.17) is 94.7 Å². The Morgan fingerprint density at radius 2 is 0.801 bits per heavy atom. The van der Waals surface area contributed by atoms with E-state index in [-0.39, 0.29) is 31.6 Å². The number of hydrogen-bond acceptors (Lipinski definition) is 49. The average Bonchev–Trinajstić information content (AvgIpc) is 0.671. The summed E-state index contributed by atoms with van der Waals surface area (Å²) in [4.78, 5) is 46.3. The van der Waals surface area contributed by atoms with Crippen molar-refractivity contribution in [2.45, 2.75) is 421 Å². The number of aliphatic hydroxyl groups is 26. The molecule has 10 aliphatic heterocycles. The molecule has 10 heterocycles. The summed E-state index contributed by atoms with van der Waals surface area (Å²) in [5.41, 5.74) is -4.66. The molecule has 15 rings (SSSR count). The van der Waals surface area contributed by atoms with Crippen LogP contribution in [0.4, 0.5) is 0 Å². The molecule has 0 aromatic rings. The number of hydrogen-bond donors (Lipinski definition) is 26. The summed E-state index contributed by atoms with van der Waals surface area (Å²) in [5, 5.41) is 289. The highest BCUT2D eigenvalue weighted by molar-refractivity contribution is 5.79. The van der Waals surface area contributed by atoms with E-state index in [2.05, 4.69) is 40.7 Å². The molecular weight excluding hydrogens is 1830 g/mol. The zero-order valence-electron chi connectivity index (χ0n) is 76.4. The topological polar surface area (TPSA) is 762 Å². The number of aliphatic hydroxyl groups excluding tert-OH is 26. The molecule has 780 valence electrons. The van der Waals surface area contributed by atoms with Gasteiger partial charge in [0.15, 0.2) is 56.4 Å². The molecule has 0 bridgehead atoms. The summed E-state index contributed by atoms with van der Waals surface area (Å²) < 4.78 is 122. The van der Waals surface area contributed by atoms with Gasteiger partial charge in [0.2, 0.25) is 12.6 Å². The molecule has 0 radical (unpaired) electrons. The molecule has 56 unspecified atom stereocenters. The van der Waals surface area contributed by atoms with Crippen molar-refractivity contribution >= 4 is 18.2 Å². The van der Waals surface area contributed by atoms with Crippen molar-refractivity contribution in [2.75, 3.05) is 39.6 Å². The number of fused-ring (bicyclic) bond motifs is 7. The lowest BCUT2D eigenvalue weighted by molar-refractivity contribution is -0.409. The number of rotatable bonds is 24. The van der Waals surface area contributed by atoms with Crippen LogP contribution in [0.15, 0.2) is 11.6 Å².